The summed E-state index contributed by atoms with van der Waals surface area (Å²) >= 11 is 0. The molecule has 1 atom stereocenters. The quantitative estimate of drug-likeness (QED) is 0.936. The zero-order valence-electron chi connectivity index (χ0n) is 13.6. The molecule has 2 aromatic rings. The number of amides is 1. The normalized spacial score (nSPS) is 16.9. The molecule has 4 heteroatoms. The van der Waals surface area contributed by atoms with Crippen molar-refractivity contribution in [2.75, 3.05) is 13.1 Å². The highest BCUT2D eigenvalue weighted by molar-refractivity contribution is 5.86. The summed E-state index contributed by atoms with van der Waals surface area (Å²) in [4.78, 5) is 14.5. The third kappa shape index (κ3) is 4.24. The number of fused-ring (bicyclic) bond motifs is 1. The van der Waals surface area contributed by atoms with Crippen LogP contribution in [0.25, 0.3) is 10.8 Å². The van der Waals surface area contributed by atoms with Crippen molar-refractivity contribution in [2.45, 2.75) is 32.2 Å². The highest BCUT2D eigenvalue weighted by Crippen LogP contribution is 2.21. The van der Waals surface area contributed by atoms with Gasteiger partial charge in [-0.15, -0.1) is 12.4 Å². The van der Waals surface area contributed by atoms with Crippen molar-refractivity contribution in [1.82, 2.24) is 4.90 Å². The molecule has 0 radical (unpaired) electrons. The first-order valence-electron chi connectivity index (χ1n) is 8.14. The van der Waals surface area contributed by atoms with E-state index in [9.17, 15) is 4.79 Å². The average Bonchev–Trinajstić information content (AvgIpc) is 2.55. The SMILES string of the molecule is CC(N)C1CCN(C(=O)Cc2ccc3ccccc3c2)CC1.Cl. The lowest BCUT2D eigenvalue weighted by Crippen LogP contribution is -2.43. The molecule has 2 N–H and O–H groups in total. The Balaban J connectivity index is 0.00000192. The minimum atomic E-state index is 0. The van der Waals surface area contributed by atoms with Crippen molar-refractivity contribution in [3.8, 4) is 0 Å². The molecule has 1 unspecified atom stereocenters. The van der Waals surface area contributed by atoms with Crippen molar-refractivity contribution < 1.29 is 4.79 Å². The van der Waals surface area contributed by atoms with Gasteiger partial charge in [0.05, 0.1) is 6.42 Å². The summed E-state index contributed by atoms with van der Waals surface area (Å²) < 4.78 is 0. The van der Waals surface area contributed by atoms with Gasteiger partial charge in [-0.2, -0.15) is 0 Å². The van der Waals surface area contributed by atoms with Crippen LogP contribution in [-0.4, -0.2) is 29.9 Å². The molecule has 0 bridgehead atoms. The van der Waals surface area contributed by atoms with E-state index in [2.05, 4.69) is 37.3 Å². The van der Waals surface area contributed by atoms with Gasteiger partial charge in [0.25, 0.3) is 0 Å². The van der Waals surface area contributed by atoms with Gasteiger partial charge in [-0.05, 0) is 42.0 Å². The fourth-order valence-corrected chi connectivity index (χ4v) is 3.31. The molecule has 0 aromatic heterocycles. The number of carbonyl (C=O) groups is 1. The average molecular weight is 333 g/mol. The summed E-state index contributed by atoms with van der Waals surface area (Å²) in [7, 11) is 0. The van der Waals surface area contributed by atoms with Crippen LogP contribution in [0.2, 0.25) is 0 Å². The highest BCUT2D eigenvalue weighted by atomic mass is 35.5. The monoisotopic (exact) mass is 332 g/mol. The van der Waals surface area contributed by atoms with Gasteiger partial charge >= 0.3 is 0 Å². The summed E-state index contributed by atoms with van der Waals surface area (Å²) in [5, 5.41) is 2.42. The van der Waals surface area contributed by atoms with Crippen LogP contribution in [0.1, 0.15) is 25.3 Å². The molecule has 2 aromatic carbocycles. The van der Waals surface area contributed by atoms with Crippen LogP contribution in [0.5, 0.6) is 0 Å². The number of nitrogens with zero attached hydrogens (tertiary/aromatic N) is 1. The Morgan fingerprint density at radius 2 is 1.83 bits per heavy atom. The number of piperidine rings is 1. The summed E-state index contributed by atoms with van der Waals surface area (Å²) in [6, 6.07) is 14.8. The van der Waals surface area contributed by atoms with Crippen LogP contribution in [0.15, 0.2) is 42.5 Å². The van der Waals surface area contributed by atoms with Crippen molar-refractivity contribution in [3.05, 3.63) is 48.0 Å². The predicted octanol–water partition coefficient (Wildman–Crippen LogP) is 3.39. The van der Waals surface area contributed by atoms with Crippen molar-refractivity contribution >= 4 is 29.1 Å². The molecule has 1 amide bonds. The number of nitrogens with two attached hydrogens (primary N) is 1. The van der Waals surface area contributed by atoms with Gasteiger partial charge in [0.1, 0.15) is 0 Å². The second-order valence-corrected chi connectivity index (χ2v) is 6.44. The van der Waals surface area contributed by atoms with E-state index < -0.39 is 0 Å². The van der Waals surface area contributed by atoms with E-state index in [1.807, 2.05) is 17.0 Å². The van der Waals surface area contributed by atoms with Crippen LogP contribution in [-0.2, 0) is 11.2 Å². The molecule has 1 aliphatic heterocycles. The minimum Gasteiger partial charge on any atom is -0.342 e. The zero-order valence-corrected chi connectivity index (χ0v) is 14.4. The second-order valence-electron chi connectivity index (χ2n) is 6.44. The number of likely N-dealkylation sites (tertiary alicyclic amines) is 1. The number of hydrogen-bond donors (Lipinski definition) is 1. The largest absolute Gasteiger partial charge is 0.342 e. The third-order valence-electron chi connectivity index (χ3n) is 4.81. The van der Waals surface area contributed by atoms with Crippen LogP contribution in [0.4, 0.5) is 0 Å². The van der Waals surface area contributed by atoms with E-state index in [1.165, 1.54) is 10.8 Å². The summed E-state index contributed by atoms with van der Waals surface area (Å²) in [5.74, 6) is 0.795. The van der Waals surface area contributed by atoms with Crippen molar-refractivity contribution in [3.63, 3.8) is 0 Å². The first-order valence-corrected chi connectivity index (χ1v) is 8.14. The molecule has 3 nitrogen and oxygen atoms in total. The van der Waals surface area contributed by atoms with Crippen LogP contribution < -0.4 is 5.73 Å². The Labute approximate surface area is 144 Å². The smallest absolute Gasteiger partial charge is 0.226 e. The standard InChI is InChI=1S/C19H24N2O.ClH/c1-14(20)16-8-10-21(11-9-16)19(22)13-15-6-7-17-4-2-3-5-18(17)12-15;/h2-7,12,14,16H,8-11,13,20H2,1H3;1H. The number of halogens is 1. The van der Waals surface area contributed by atoms with E-state index in [0.29, 0.717) is 12.3 Å². The lowest BCUT2D eigenvalue weighted by atomic mass is 9.90. The number of hydrogen-bond acceptors (Lipinski definition) is 2. The first-order chi connectivity index (χ1) is 10.6. The maximum atomic E-state index is 12.5. The lowest BCUT2D eigenvalue weighted by Gasteiger charge is -2.33. The van der Waals surface area contributed by atoms with Crippen molar-refractivity contribution in [1.29, 1.82) is 0 Å². The molecular weight excluding hydrogens is 308 g/mol. The molecule has 0 saturated carbocycles. The van der Waals surface area contributed by atoms with Crippen molar-refractivity contribution in [2.24, 2.45) is 11.7 Å². The van der Waals surface area contributed by atoms with Gasteiger partial charge in [-0.1, -0.05) is 42.5 Å². The Bertz CT molecular complexity index is 663. The van der Waals surface area contributed by atoms with E-state index in [4.69, 9.17) is 5.73 Å². The summed E-state index contributed by atoms with van der Waals surface area (Å²) in [6.07, 6.45) is 2.55. The Hall–Kier alpha value is -1.58. The zero-order chi connectivity index (χ0) is 15.5. The van der Waals surface area contributed by atoms with Gasteiger partial charge in [0.2, 0.25) is 5.91 Å². The number of carbonyl (C=O) groups excluding carboxylic acids is 1. The van der Waals surface area contributed by atoms with E-state index in [-0.39, 0.29) is 24.4 Å². The molecule has 23 heavy (non-hydrogen) atoms. The molecule has 1 aliphatic rings. The predicted molar refractivity (Wildman–Crippen MR) is 97.9 cm³/mol. The Kier molecular flexibility index (Phi) is 6.03. The summed E-state index contributed by atoms with van der Waals surface area (Å²) in [6.45, 7) is 3.76. The maximum absolute atomic E-state index is 12.5. The molecule has 3 rings (SSSR count). The van der Waals surface area contributed by atoms with Gasteiger partial charge in [-0.3, -0.25) is 4.79 Å². The third-order valence-corrected chi connectivity index (χ3v) is 4.81. The molecular formula is C19H25ClN2O. The van der Waals surface area contributed by atoms with Gasteiger partial charge in [0.15, 0.2) is 0 Å². The lowest BCUT2D eigenvalue weighted by molar-refractivity contribution is -0.131. The molecule has 1 fully saturated rings. The Morgan fingerprint density at radius 3 is 2.48 bits per heavy atom. The van der Waals surface area contributed by atoms with E-state index in [0.717, 1.165) is 31.5 Å². The van der Waals surface area contributed by atoms with Crippen LogP contribution >= 0.6 is 12.4 Å². The molecule has 0 aliphatic carbocycles. The maximum Gasteiger partial charge on any atom is 0.226 e. The minimum absolute atomic E-state index is 0. The number of benzene rings is 2. The highest BCUT2D eigenvalue weighted by Gasteiger charge is 2.24. The van der Waals surface area contributed by atoms with E-state index >= 15 is 0 Å². The second kappa shape index (κ2) is 7.80. The Morgan fingerprint density at radius 1 is 1.17 bits per heavy atom. The number of rotatable bonds is 3. The summed E-state index contributed by atoms with van der Waals surface area (Å²) in [5.41, 5.74) is 7.06. The molecule has 0 spiro atoms. The molecule has 1 saturated heterocycles. The van der Waals surface area contributed by atoms with Gasteiger partial charge in [0, 0.05) is 19.1 Å². The molecule has 124 valence electrons. The van der Waals surface area contributed by atoms with E-state index in [1.54, 1.807) is 0 Å². The molecule has 1 heterocycles. The van der Waals surface area contributed by atoms with Gasteiger partial charge < -0.3 is 10.6 Å². The first kappa shape index (κ1) is 17.8. The fraction of sp³-hybridized carbons (Fsp3) is 0.421. The van der Waals surface area contributed by atoms with Crippen LogP contribution in [0.3, 0.4) is 0 Å². The van der Waals surface area contributed by atoms with Crippen LogP contribution in [0, 0.1) is 5.92 Å². The topological polar surface area (TPSA) is 46.3 Å². The van der Waals surface area contributed by atoms with Gasteiger partial charge in [-0.25, -0.2) is 0 Å². The fourth-order valence-electron chi connectivity index (χ4n) is 3.31.